The third-order valence-electron chi connectivity index (χ3n) is 4.40. The maximum Gasteiger partial charge on any atom is 0.259 e. The summed E-state index contributed by atoms with van der Waals surface area (Å²) in [4.78, 5) is 12.8. The van der Waals surface area contributed by atoms with Crippen LogP contribution >= 0.6 is 0 Å². The summed E-state index contributed by atoms with van der Waals surface area (Å²) in [6.07, 6.45) is 5.61. The second-order valence-electron chi connectivity index (χ2n) is 5.83. The summed E-state index contributed by atoms with van der Waals surface area (Å²) in [7, 11) is 0. The molecule has 3 heteroatoms. The highest BCUT2D eigenvalue weighted by atomic mass is 16.1. The zero-order chi connectivity index (χ0) is 14.8. The van der Waals surface area contributed by atoms with Crippen LogP contribution in [0.4, 0.5) is 0 Å². The van der Waals surface area contributed by atoms with Crippen molar-refractivity contribution in [2.45, 2.75) is 45.6 Å². The SMILES string of the molecule is Cc1ccccc1-n1c2c(cc(CN)c1=O)CCCCC2. The zero-order valence-corrected chi connectivity index (χ0v) is 12.6. The molecular formula is C18H22N2O. The van der Waals surface area contributed by atoms with Crippen molar-refractivity contribution in [3.63, 3.8) is 0 Å². The monoisotopic (exact) mass is 282 g/mol. The van der Waals surface area contributed by atoms with Crippen LogP contribution in [0.15, 0.2) is 35.1 Å². The topological polar surface area (TPSA) is 48.0 Å². The van der Waals surface area contributed by atoms with Crippen molar-refractivity contribution in [3.8, 4) is 5.69 Å². The minimum absolute atomic E-state index is 0.0486. The van der Waals surface area contributed by atoms with Crippen LogP contribution in [-0.2, 0) is 19.4 Å². The van der Waals surface area contributed by atoms with Crippen LogP contribution < -0.4 is 11.3 Å². The van der Waals surface area contributed by atoms with Gasteiger partial charge in [0.1, 0.15) is 0 Å². The predicted molar refractivity (Wildman–Crippen MR) is 85.9 cm³/mol. The van der Waals surface area contributed by atoms with Crippen molar-refractivity contribution in [3.05, 3.63) is 63.1 Å². The van der Waals surface area contributed by atoms with Gasteiger partial charge in [-0.1, -0.05) is 24.6 Å². The van der Waals surface area contributed by atoms with E-state index in [1.54, 1.807) is 0 Å². The molecule has 21 heavy (non-hydrogen) atoms. The van der Waals surface area contributed by atoms with Crippen molar-refractivity contribution in [1.29, 1.82) is 0 Å². The molecule has 2 aromatic rings. The number of nitrogens with zero attached hydrogens (tertiary/aromatic N) is 1. The number of hydrogen-bond acceptors (Lipinski definition) is 2. The van der Waals surface area contributed by atoms with Crippen LogP contribution in [0, 0.1) is 6.92 Å². The molecule has 3 nitrogen and oxygen atoms in total. The second-order valence-corrected chi connectivity index (χ2v) is 5.83. The van der Waals surface area contributed by atoms with Gasteiger partial charge in [-0.05, 0) is 55.9 Å². The Morgan fingerprint density at radius 1 is 1.14 bits per heavy atom. The number of benzene rings is 1. The molecule has 0 saturated carbocycles. The van der Waals surface area contributed by atoms with Gasteiger partial charge in [-0.3, -0.25) is 9.36 Å². The third kappa shape index (κ3) is 2.54. The van der Waals surface area contributed by atoms with E-state index in [9.17, 15) is 4.79 Å². The summed E-state index contributed by atoms with van der Waals surface area (Å²) in [5.74, 6) is 0. The molecular weight excluding hydrogens is 260 g/mol. The number of pyridine rings is 1. The first kappa shape index (κ1) is 14.1. The van der Waals surface area contributed by atoms with Crippen molar-refractivity contribution in [1.82, 2.24) is 4.57 Å². The summed E-state index contributed by atoms with van der Waals surface area (Å²) >= 11 is 0. The molecule has 0 aliphatic heterocycles. The fourth-order valence-electron chi connectivity index (χ4n) is 3.25. The number of aromatic nitrogens is 1. The van der Waals surface area contributed by atoms with Gasteiger partial charge in [0.15, 0.2) is 0 Å². The first-order valence-corrected chi connectivity index (χ1v) is 7.75. The number of hydrogen-bond donors (Lipinski definition) is 1. The summed E-state index contributed by atoms with van der Waals surface area (Å²) < 4.78 is 1.91. The van der Waals surface area contributed by atoms with E-state index in [1.807, 2.05) is 28.8 Å². The van der Waals surface area contributed by atoms with E-state index < -0.39 is 0 Å². The van der Waals surface area contributed by atoms with Crippen LogP contribution in [-0.4, -0.2) is 4.57 Å². The Kier molecular flexibility index (Phi) is 3.93. The van der Waals surface area contributed by atoms with E-state index in [4.69, 9.17) is 5.73 Å². The van der Waals surface area contributed by atoms with Crippen LogP contribution in [0.1, 0.15) is 41.6 Å². The normalized spacial score (nSPS) is 14.6. The minimum atomic E-state index is 0.0486. The summed E-state index contributed by atoms with van der Waals surface area (Å²) in [6, 6.07) is 10.1. The zero-order valence-electron chi connectivity index (χ0n) is 12.6. The standard InChI is InChI=1S/C18H22N2O/c1-13-7-5-6-9-16(13)20-17-10-4-2-3-8-14(17)11-15(12-19)18(20)21/h5-7,9,11H,2-4,8,10,12,19H2,1H3. The Hall–Kier alpha value is -1.87. The minimum Gasteiger partial charge on any atom is -0.326 e. The number of para-hydroxylation sites is 1. The van der Waals surface area contributed by atoms with Crippen molar-refractivity contribution in [2.24, 2.45) is 5.73 Å². The van der Waals surface area contributed by atoms with Crippen molar-refractivity contribution >= 4 is 0 Å². The van der Waals surface area contributed by atoms with Crippen molar-refractivity contribution < 1.29 is 0 Å². The van der Waals surface area contributed by atoms with Crippen LogP contribution in [0.25, 0.3) is 5.69 Å². The van der Waals surface area contributed by atoms with Gasteiger partial charge in [-0.15, -0.1) is 0 Å². The Morgan fingerprint density at radius 3 is 2.67 bits per heavy atom. The van der Waals surface area contributed by atoms with Crippen molar-refractivity contribution in [2.75, 3.05) is 0 Å². The van der Waals surface area contributed by atoms with Gasteiger partial charge in [0.05, 0.1) is 5.69 Å². The molecule has 0 bridgehead atoms. The highest BCUT2D eigenvalue weighted by molar-refractivity contribution is 5.44. The number of fused-ring (bicyclic) bond motifs is 1. The fraction of sp³-hybridized carbons (Fsp3) is 0.389. The van der Waals surface area contributed by atoms with Crippen LogP contribution in [0.2, 0.25) is 0 Å². The van der Waals surface area contributed by atoms with E-state index in [1.165, 1.54) is 24.1 Å². The molecule has 1 aliphatic carbocycles. The Labute approximate surface area is 125 Å². The summed E-state index contributed by atoms with van der Waals surface area (Å²) in [5, 5.41) is 0. The lowest BCUT2D eigenvalue weighted by molar-refractivity contribution is 0.702. The Balaban J connectivity index is 2.32. The molecule has 1 aromatic heterocycles. The molecule has 1 aromatic carbocycles. The molecule has 0 unspecified atom stereocenters. The largest absolute Gasteiger partial charge is 0.326 e. The third-order valence-corrected chi connectivity index (χ3v) is 4.40. The average molecular weight is 282 g/mol. The molecule has 3 rings (SSSR count). The highest BCUT2D eigenvalue weighted by Gasteiger charge is 2.18. The molecule has 0 atom stereocenters. The quantitative estimate of drug-likeness (QED) is 0.861. The fourth-order valence-corrected chi connectivity index (χ4v) is 3.25. The lowest BCUT2D eigenvalue weighted by Crippen LogP contribution is -2.28. The average Bonchev–Trinajstić information content (AvgIpc) is 2.73. The van der Waals surface area contributed by atoms with Crippen LogP contribution in [0.5, 0.6) is 0 Å². The second kappa shape index (κ2) is 5.86. The molecule has 1 aliphatic rings. The van der Waals surface area contributed by atoms with E-state index >= 15 is 0 Å². The predicted octanol–water partition coefficient (Wildman–Crippen LogP) is 2.87. The first-order chi connectivity index (χ1) is 10.2. The molecule has 2 N–H and O–H groups in total. The first-order valence-electron chi connectivity index (χ1n) is 7.75. The summed E-state index contributed by atoms with van der Waals surface area (Å²) in [6.45, 7) is 2.36. The molecule has 0 saturated heterocycles. The van der Waals surface area contributed by atoms with E-state index in [0.717, 1.165) is 36.1 Å². The molecule has 110 valence electrons. The van der Waals surface area contributed by atoms with Crippen LogP contribution in [0.3, 0.4) is 0 Å². The number of rotatable bonds is 2. The molecule has 0 fully saturated rings. The van der Waals surface area contributed by atoms with E-state index in [-0.39, 0.29) is 5.56 Å². The molecule has 0 spiro atoms. The summed E-state index contributed by atoms with van der Waals surface area (Å²) in [5.41, 5.74) is 11.2. The maximum atomic E-state index is 12.8. The van der Waals surface area contributed by atoms with E-state index in [0.29, 0.717) is 6.54 Å². The Morgan fingerprint density at radius 2 is 1.90 bits per heavy atom. The number of aryl methyl sites for hydroxylation is 2. The van der Waals surface area contributed by atoms with Gasteiger partial charge < -0.3 is 5.73 Å². The lowest BCUT2D eigenvalue weighted by atomic mass is 10.0. The molecule has 1 heterocycles. The molecule has 0 amide bonds. The maximum absolute atomic E-state index is 12.8. The lowest BCUT2D eigenvalue weighted by Gasteiger charge is -2.19. The van der Waals surface area contributed by atoms with Gasteiger partial charge in [-0.25, -0.2) is 0 Å². The van der Waals surface area contributed by atoms with Gasteiger partial charge in [0.2, 0.25) is 0 Å². The van der Waals surface area contributed by atoms with Gasteiger partial charge in [-0.2, -0.15) is 0 Å². The van der Waals surface area contributed by atoms with Gasteiger partial charge in [0, 0.05) is 17.8 Å². The van der Waals surface area contributed by atoms with Gasteiger partial charge >= 0.3 is 0 Å². The smallest absolute Gasteiger partial charge is 0.259 e. The highest BCUT2D eigenvalue weighted by Crippen LogP contribution is 2.24. The Bertz CT molecular complexity index is 716. The van der Waals surface area contributed by atoms with E-state index in [2.05, 4.69) is 13.0 Å². The van der Waals surface area contributed by atoms with Gasteiger partial charge in [0.25, 0.3) is 5.56 Å². The molecule has 0 radical (unpaired) electrons. The number of nitrogens with two attached hydrogens (primary N) is 1.